The van der Waals surface area contributed by atoms with Crippen LogP contribution in [0.5, 0.6) is 5.75 Å². The Kier molecular flexibility index (Phi) is 4.90. The molecule has 4 aliphatic carbocycles. The van der Waals surface area contributed by atoms with E-state index in [0.717, 1.165) is 32.1 Å². The first kappa shape index (κ1) is 21.1. The Morgan fingerprint density at radius 1 is 1.28 bits per heavy atom. The Hall–Kier alpha value is -2.72. The van der Waals surface area contributed by atoms with Gasteiger partial charge in [0.1, 0.15) is 11.8 Å². The molecule has 168 valence electrons. The summed E-state index contributed by atoms with van der Waals surface area (Å²) in [6.45, 7) is 3.57. The number of oxazole rings is 1. The largest absolute Gasteiger partial charge is 0.478 e. The number of nitrogens with zero attached hydrogens (tertiary/aromatic N) is 2. The van der Waals surface area contributed by atoms with Crippen LogP contribution >= 0.6 is 11.6 Å². The molecule has 1 heterocycles. The number of carbonyl (C=O) groups excluding carboxylic acids is 1. The van der Waals surface area contributed by atoms with E-state index < -0.39 is 5.60 Å². The summed E-state index contributed by atoms with van der Waals surface area (Å²) >= 11 is 5.95. The van der Waals surface area contributed by atoms with E-state index in [0.29, 0.717) is 34.4 Å². The normalized spacial score (nSPS) is 30.7. The lowest BCUT2D eigenvalue weighted by Crippen LogP contribution is -2.63. The molecule has 0 radical (unpaired) electrons. The van der Waals surface area contributed by atoms with E-state index in [1.807, 2.05) is 6.07 Å². The summed E-state index contributed by atoms with van der Waals surface area (Å²) in [6, 6.07) is 9.14. The summed E-state index contributed by atoms with van der Waals surface area (Å²) in [5, 5.41) is 13.2. The first-order valence-electron chi connectivity index (χ1n) is 11.1. The molecule has 4 aliphatic rings. The number of aromatic nitrogens is 1. The topological polar surface area (TPSA) is 114 Å². The molecule has 4 fully saturated rings. The van der Waals surface area contributed by atoms with Gasteiger partial charge in [0.25, 0.3) is 5.91 Å². The zero-order valence-electron chi connectivity index (χ0n) is 18.2. The molecule has 0 saturated heterocycles. The van der Waals surface area contributed by atoms with Crippen molar-refractivity contribution in [3.8, 4) is 11.8 Å². The van der Waals surface area contributed by atoms with Crippen LogP contribution in [0.25, 0.3) is 0 Å². The molecule has 4 unspecified atom stereocenters. The minimum Gasteiger partial charge on any atom is -0.478 e. The van der Waals surface area contributed by atoms with Crippen LogP contribution in [-0.4, -0.2) is 22.5 Å². The van der Waals surface area contributed by atoms with Crippen molar-refractivity contribution in [1.82, 2.24) is 10.3 Å². The van der Waals surface area contributed by atoms with Crippen LogP contribution in [0.1, 0.15) is 57.5 Å². The van der Waals surface area contributed by atoms with Crippen molar-refractivity contribution in [3.63, 3.8) is 0 Å². The van der Waals surface area contributed by atoms with E-state index in [1.54, 1.807) is 38.1 Å². The van der Waals surface area contributed by atoms with Crippen molar-refractivity contribution in [2.24, 2.45) is 17.8 Å². The van der Waals surface area contributed by atoms with Gasteiger partial charge in [0.2, 0.25) is 17.5 Å². The molecular formula is C24H27ClN4O3. The molecule has 1 amide bonds. The number of carbonyl (C=O) groups is 1. The van der Waals surface area contributed by atoms with Gasteiger partial charge in [-0.3, -0.25) is 4.79 Å². The van der Waals surface area contributed by atoms with Crippen LogP contribution in [0.2, 0.25) is 5.02 Å². The highest BCUT2D eigenvalue weighted by molar-refractivity contribution is 6.30. The zero-order chi connectivity index (χ0) is 22.7. The first-order valence-corrected chi connectivity index (χ1v) is 11.5. The Labute approximate surface area is 192 Å². The number of benzene rings is 1. The molecule has 7 nitrogen and oxygen atoms in total. The molecule has 1 aromatic carbocycles. The summed E-state index contributed by atoms with van der Waals surface area (Å²) < 4.78 is 11.8. The van der Waals surface area contributed by atoms with Crippen LogP contribution in [-0.2, 0) is 10.2 Å². The third-order valence-corrected chi connectivity index (χ3v) is 7.77. The van der Waals surface area contributed by atoms with Gasteiger partial charge in [-0.15, -0.1) is 0 Å². The summed E-state index contributed by atoms with van der Waals surface area (Å²) in [7, 11) is 0. The number of rotatable bonds is 5. The number of amides is 1. The van der Waals surface area contributed by atoms with Crippen molar-refractivity contribution in [2.75, 3.05) is 5.73 Å². The molecule has 4 bridgehead atoms. The third kappa shape index (κ3) is 3.51. The lowest BCUT2D eigenvalue weighted by Gasteiger charge is -2.59. The lowest BCUT2D eigenvalue weighted by molar-refractivity contribution is -0.139. The van der Waals surface area contributed by atoms with Crippen LogP contribution in [0.4, 0.5) is 5.88 Å². The van der Waals surface area contributed by atoms with Crippen LogP contribution in [0.3, 0.4) is 0 Å². The highest BCUT2D eigenvalue weighted by atomic mass is 35.5. The molecule has 5 atom stereocenters. The van der Waals surface area contributed by atoms with Gasteiger partial charge in [-0.1, -0.05) is 11.6 Å². The maximum absolute atomic E-state index is 13.2. The third-order valence-electron chi connectivity index (χ3n) is 7.52. The zero-order valence-corrected chi connectivity index (χ0v) is 19.0. The number of nitrogens with one attached hydrogen (secondary N) is 1. The van der Waals surface area contributed by atoms with Gasteiger partial charge in [-0.2, -0.15) is 10.2 Å². The molecule has 8 heteroatoms. The van der Waals surface area contributed by atoms with E-state index in [2.05, 4.69) is 10.3 Å². The summed E-state index contributed by atoms with van der Waals surface area (Å²) in [6.07, 6.45) is 4.95. The minimum absolute atomic E-state index is 0.100. The van der Waals surface area contributed by atoms with Gasteiger partial charge in [0.15, 0.2) is 5.60 Å². The highest BCUT2D eigenvalue weighted by Crippen LogP contribution is 2.60. The van der Waals surface area contributed by atoms with Gasteiger partial charge in [0, 0.05) is 16.5 Å². The van der Waals surface area contributed by atoms with Crippen LogP contribution in [0.15, 0.2) is 28.7 Å². The fourth-order valence-electron chi connectivity index (χ4n) is 6.33. The Morgan fingerprint density at radius 2 is 1.94 bits per heavy atom. The standard InChI is InChI=1S/C24H27ClN4O3/c1-23(2,32-17-5-3-16(25)4-6-17)21(30)29-19-14-7-13-8-15(19)11-24(9-13,10-14)22-28-18(12-26)20(27)31-22/h3-6,13-15,19H,7-11,27H2,1-2H3,(H,29,30)/t13?,14-,15?,19?,24?/m0/s1. The van der Waals surface area contributed by atoms with Crippen LogP contribution in [0, 0.1) is 29.1 Å². The SMILES string of the molecule is CC(C)(Oc1ccc(Cl)cc1)C(=O)NC1C2CC3C[C@H]1CC(c1nc(C#N)c(N)o1)(C3)C2. The van der Waals surface area contributed by atoms with Gasteiger partial charge in [-0.25, -0.2) is 0 Å². The van der Waals surface area contributed by atoms with E-state index in [4.69, 9.17) is 26.5 Å². The van der Waals surface area contributed by atoms with E-state index in [9.17, 15) is 10.1 Å². The molecule has 32 heavy (non-hydrogen) atoms. The maximum atomic E-state index is 13.2. The fraction of sp³-hybridized carbons (Fsp3) is 0.542. The van der Waals surface area contributed by atoms with Gasteiger partial charge < -0.3 is 20.2 Å². The highest BCUT2D eigenvalue weighted by Gasteiger charge is 2.58. The number of hydrogen-bond acceptors (Lipinski definition) is 6. The predicted molar refractivity (Wildman–Crippen MR) is 119 cm³/mol. The number of ether oxygens (including phenoxy) is 1. The Balaban J connectivity index is 1.32. The number of halogens is 1. The molecule has 4 saturated carbocycles. The Morgan fingerprint density at radius 3 is 2.53 bits per heavy atom. The number of anilines is 1. The molecule has 2 aromatic rings. The first-order chi connectivity index (χ1) is 15.2. The number of hydrogen-bond donors (Lipinski definition) is 2. The van der Waals surface area contributed by atoms with E-state index >= 15 is 0 Å². The second-order valence-electron chi connectivity index (χ2n) is 10.2. The fourth-order valence-corrected chi connectivity index (χ4v) is 6.46. The predicted octanol–water partition coefficient (Wildman–Crippen LogP) is 4.20. The number of nitrogen functional groups attached to an aromatic ring is 1. The van der Waals surface area contributed by atoms with Crippen molar-refractivity contribution in [2.45, 2.75) is 63.0 Å². The molecule has 1 aromatic heterocycles. The molecular weight excluding hydrogens is 428 g/mol. The summed E-state index contributed by atoms with van der Waals surface area (Å²) in [5.41, 5.74) is 4.82. The second-order valence-corrected chi connectivity index (χ2v) is 10.6. The van der Waals surface area contributed by atoms with Crippen molar-refractivity contribution in [1.29, 1.82) is 5.26 Å². The summed E-state index contributed by atoms with van der Waals surface area (Å²) in [5.74, 6) is 2.45. The molecule has 0 spiro atoms. The van der Waals surface area contributed by atoms with Crippen molar-refractivity contribution in [3.05, 3.63) is 40.9 Å². The molecule has 0 aliphatic heterocycles. The van der Waals surface area contributed by atoms with Crippen molar-refractivity contribution >= 4 is 23.4 Å². The quantitative estimate of drug-likeness (QED) is 0.699. The minimum atomic E-state index is -1.01. The smallest absolute Gasteiger partial charge is 0.263 e. The number of nitriles is 1. The lowest BCUT2D eigenvalue weighted by atomic mass is 9.48. The van der Waals surface area contributed by atoms with Gasteiger partial charge >= 0.3 is 0 Å². The number of nitrogens with two attached hydrogens (primary N) is 1. The Bertz CT molecular complexity index is 1070. The second kappa shape index (κ2) is 7.41. The van der Waals surface area contributed by atoms with Crippen molar-refractivity contribution < 1.29 is 13.9 Å². The van der Waals surface area contributed by atoms with E-state index in [-0.39, 0.29) is 28.9 Å². The van der Waals surface area contributed by atoms with E-state index in [1.165, 1.54) is 0 Å². The monoisotopic (exact) mass is 454 g/mol. The van der Waals surface area contributed by atoms with Gasteiger partial charge in [-0.05, 0) is 88.0 Å². The average Bonchev–Trinajstić information content (AvgIpc) is 3.13. The average molecular weight is 455 g/mol. The maximum Gasteiger partial charge on any atom is 0.263 e. The molecule has 3 N–H and O–H groups in total. The van der Waals surface area contributed by atoms with Gasteiger partial charge in [0.05, 0.1) is 0 Å². The molecule has 6 rings (SSSR count). The van der Waals surface area contributed by atoms with Crippen LogP contribution < -0.4 is 15.8 Å². The summed E-state index contributed by atoms with van der Waals surface area (Å²) in [4.78, 5) is 17.6.